The Morgan fingerprint density at radius 3 is 1.46 bits per heavy atom. The van der Waals surface area contributed by atoms with Gasteiger partial charge in [-0.1, -0.05) is 53.4 Å². The molecule has 0 radical (unpaired) electrons. The molecule has 0 aliphatic heterocycles. The molecule has 6 atom stereocenters. The Labute approximate surface area is 248 Å². The summed E-state index contributed by atoms with van der Waals surface area (Å²) >= 11 is 0. The molecule has 0 bridgehead atoms. The second kappa shape index (κ2) is 17.3. The molecule has 10 heteroatoms. The second-order valence-corrected chi connectivity index (χ2v) is 13.0. The summed E-state index contributed by atoms with van der Waals surface area (Å²) in [7, 11) is 10.4. The molecule has 0 spiro atoms. The minimum absolute atomic E-state index is 0.0197. The summed E-state index contributed by atoms with van der Waals surface area (Å²) in [6.45, 7) is 7.37. The summed E-state index contributed by atoms with van der Waals surface area (Å²) < 4.78 is 0. The van der Waals surface area contributed by atoms with Crippen molar-refractivity contribution in [3.8, 4) is 0 Å². The van der Waals surface area contributed by atoms with Crippen molar-refractivity contribution in [1.82, 2.24) is 25.3 Å². The maximum absolute atomic E-state index is 13.5. The highest BCUT2D eigenvalue weighted by Crippen LogP contribution is 2.39. The first-order chi connectivity index (χ1) is 19.1. The van der Waals surface area contributed by atoms with Gasteiger partial charge in [-0.05, 0) is 37.5 Å². The van der Waals surface area contributed by atoms with Crippen molar-refractivity contribution in [3.63, 3.8) is 0 Å². The second-order valence-electron chi connectivity index (χ2n) is 13.0. The first kappa shape index (κ1) is 36.4. The van der Waals surface area contributed by atoms with Crippen LogP contribution in [0.2, 0.25) is 0 Å². The number of carbonyl (C=O) groups excluding carboxylic acids is 5. The van der Waals surface area contributed by atoms with Crippen LogP contribution in [0.15, 0.2) is 0 Å². The van der Waals surface area contributed by atoms with Crippen LogP contribution in [-0.2, 0) is 24.0 Å². The van der Waals surface area contributed by atoms with Crippen LogP contribution in [0.1, 0.15) is 79.1 Å². The Morgan fingerprint density at radius 1 is 0.585 bits per heavy atom. The molecule has 1 rings (SSSR count). The maximum Gasteiger partial charge on any atom is 0.224 e. The van der Waals surface area contributed by atoms with Crippen LogP contribution in [0.3, 0.4) is 0 Å². The minimum Gasteiger partial charge on any atom is -0.349 e. The quantitative estimate of drug-likeness (QED) is 0.273. The van der Waals surface area contributed by atoms with E-state index in [1.54, 1.807) is 59.0 Å². The van der Waals surface area contributed by atoms with E-state index >= 15 is 0 Å². The molecule has 236 valence electrons. The van der Waals surface area contributed by atoms with Crippen molar-refractivity contribution in [2.75, 3.05) is 49.0 Å². The number of nitrogens with one attached hydrogen (secondary N) is 2. The third kappa shape index (κ3) is 12.0. The fourth-order valence-corrected chi connectivity index (χ4v) is 6.27. The predicted molar refractivity (Wildman–Crippen MR) is 161 cm³/mol. The van der Waals surface area contributed by atoms with Gasteiger partial charge in [-0.3, -0.25) is 24.0 Å². The van der Waals surface area contributed by atoms with Crippen molar-refractivity contribution < 1.29 is 24.0 Å². The maximum atomic E-state index is 13.5. The number of nitrogens with zero attached hydrogens (tertiary/aromatic N) is 3. The van der Waals surface area contributed by atoms with E-state index in [9.17, 15) is 24.0 Å². The molecule has 0 heterocycles. The Morgan fingerprint density at radius 2 is 1.00 bits per heavy atom. The van der Waals surface area contributed by atoms with Crippen LogP contribution < -0.4 is 10.6 Å². The smallest absolute Gasteiger partial charge is 0.224 e. The number of hydrogen-bond donors (Lipinski definition) is 2. The van der Waals surface area contributed by atoms with Gasteiger partial charge in [0.15, 0.2) is 0 Å². The molecular formula is C31H57N5O5. The fourth-order valence-electron chi connectivity index (χ4n) is 6.27. The topological polar surface area (TPSA) is 119 Å². The summed E-state index contributed by atoms with van der Waals surface area (Å²) in [4.78, 5) is 68.5. The van der Waals surface area contributed by atoms with E-state index < -0.39 is 5.92 Å². The van der Waals surface area contributed by atoms with Gasteiger partial charge in [-0.15, -0.1) is 0 Å². The molecule has 10 nitrogen and oxygen atoms in total. The van der Waals surface area contributed by atoms with Gasteiger partial charge in [0.1, 0.15) is 0 Å². The fraction of sp³-hybridized carbons (Fsp3) is 0.839. The molecule has 1 aliphatic rings. The Bertz CT molecular complexity index is 884. The zero-order valence-corrected chi connectivity index (χ0v) is 27.3. The molecule has 1 saturated carbocycles. The predicted octanol–water partition coefficient (Wildman–Crippen LogP) is 2.97. The number of carbonyl (C=O) groups is 5. The van der Waals surface area contributed by atoms with E-state index in [0.29, 0.717) is 31.6 Å². The van der Waals surface area contributed by atoms with Gasteiger partial charge in [0.25, 0.3) is 0 Å². The zero-order chi connectivity index (χ0) is 31.4. The standard InChI is InChI=1S/C31H57N5O5/c1-20(15-21(2)29(39)34(5)6)27(37)32-19-33-28(38)26(17-23(4)31(41)36(9)10)18-25(24-13-11-12-14-24)16-22(3)30(40)35(7)8/h20-26H,11-19H2,1-10H3,(H,32,37)(H,33,38). The first-order valence-corrected chi connectivity index (χ1v) is 15.3. The van der Waals surface area contributed by atoms with Crippen molar-refractivity contribution in [1.29, 1.82) is 0 Å². The highest BCUT2D eigenvalue weighted by atomic mass is 16.2. The van der Waals surface area contributed by atoms with Crippen LogP contribution in [0.5, 0.6) is 0 Å². The lowest BCUT2D eigenvalue weighted by Crippen LogP contribution is -2.43. The molecule has 6 unspecified atom stereocenters. The summed E-state index contributed by atoms with van der Waals surface area (Å²) in [6.07, 6.45) is 6.63. The third-order valence-electron chi connectivity index (χ3n) is 8.59. The van der Waals surface area contributed by atoms with Crippen molar-refractivity contribution in [3.05, 3.63) is 0 Å². The van der Waals surface area contributed by atoms with Crippen molar-refractivity contribution in [2.45, 2.75) is 79.1 Å². The van der Waals surface area contributed by atoms with Gasteiger partial charge in [-0.25, -0.2) is 0 Å². The number of amides is 5. The van der Waals surface area contributed by atoms with Gasteiger partial charge in [-0.2, -0.15) is 0 Å². The van der Waals surface area contributed by atoms with Crippen molar-refractivity contribution in [2.24, 2.45) is 41.4 Å². The molecular weight excluding hydrogens is 522 g/mol. The van der Waals surface area contributed by atoms with Gasteiger partial charge < -0.3 is 25.3 Å². The molecule has 0 saturated heterocycles. The largest absolute Gasteiger partial charge is 0.349 e. The normalized spacial score (nSPS) is 17.9. The zero-order valence-electron chi connectivity index (χ0n) is 27.3. The summed E-state index contributed by atoms with van der Waals surface area (Å²) in [5.41, 5.74) is 0. The van der Waals surface area contributed by atoms with Crippen LogP contribution in [0.4, 0.5) is 0 Å². The average molecular weight is 580 g/mol. The first-order valence-electron chi connectivity index (χ1n) is 15.3. The molecule has 0 aromatic rings. The van der Waals surface area contributed by atoms with Gasteiger partial charge in [0, 0.05) is 71.9 Å². The Hall–Kier alpha value is -2.65. The minimum atomic E-state index is -0.423. The molecule has 2 N–H and O–H groups in total. The van der Waals surface area contributed by atoms with Crippen LogP contribution >= 0.6 is 0 Å². The number of hydrogen-bond acceptors (Lipinski definition) is 5. The lowest BCUT2D eigenvalue weighted by molar-refractivity contribution is -0.134. The van der Waals surface area contributed by atoms with Gasteiger partial charge >= 0.3 is 0 Å². The van der Waals surface area contributed by atoms with E-state index in [2.05, 4.69) is 10.6 Å². The highest BCUT2D eigenvalue weighted by Gasteiger charge is 2.34. The van der Waals surface area contributed by atoms with Gasteiger partial charge in [0.2, 0.25) is 29.5 Å². The highest BCUT2D eigenvalue weighted by molar-refractivity contribution is 5.83. The van der Waals surface area contributed by atoms with E-state index in [1.807, 2.05) is 20.8 Å². The molecule has 41 heavy (non-hydrogen) atoms. The van der Waals surface area contributed by atoms with Crippen LogP contribution in [0, 0.1) is 41.4 Å². The molecule has 0 aromatic heterocycles. The average Bonchev–Trinajstić information content (AvgIpc) is 3.45. The summed E-state index contributed by atoms with van der Waals surface area (Å²) in [6, 6.07) is 0. The number of rotatable bonds is 16. The Balaban J connectivity index is 2.96. The van der Waals surface area contributed by atoms with Crippen LogP contribution in [0.25, 0.3) is 0 Å². The SMILES string of the molecule is CC(CC(C)C(=O)N(C)C)C(=O)NCNC(=O)C(CC(C)C(=O)N(C)C)CC(CC(C)C(=O)N(C)C)C1CCCC1. The van der Waals surface area contributed by atoms with Crippen molar-refractivity contribution >= 4 is 29.5 Å². The molecule has 5 amide bonds. The van der Waals surface area contributed by atoms with E-state index in [1.165, 1.54) is 4.90 Å². The molecule has 1 fully saturated rings. The van der Waals surface area contributed by atoms with E-state index in [0.717, 1.165) is 25.7 Å². The third-order valence-corrected chi connectivity index (χ3v) is 8.59. The monoisotopic (exact) mass is 579 g/mol. The molecule has 1 aliphatic carbocycles. The molecule has 0 aromatic carbocycles. The van der Waals surface area contributed by atoms with E-state index in [-0.39, 0.29) is 65.8 Å². The van der Waals surface area contributed by atoms with Gasteiger partial charge in [0.05, 0.1) is 6.67 Å². The summed E-state index contributed by atoms with van der Waals surface area (Å²) in [5.74, 6) is -1.32. The van der Waals surface area contributed by atoms with E-state index in [4.69, 9.17) is 0 Å². The lowest BCUT2D eigenvalue weighted by atomic mass is 9.76. The lowest BCUT2D eigenvalue weighted by Gasteiger charge is -2.31. The summed E-state index contributed by atoms with van der Waals surface area (Å²) in [5, 5.41) is 5.66. The Kier molecular flexibility index (Phi) is 15.4. The van der Waals surface area contributed by atoms with Crippen LogP contribution in [-0.4, -0.2) is 93.2 Å².